The fraction of sp³-hybridized carbons (Fsp3) is 0.611. The third kappa shape index (κ3) is 20.2. The Kier molecular flexibility index (Phi) is 24.1. The van der Waals surface area contributed by atoms with Gasteiger partial charge in [-0.25, -0.2) is 14.3 Å². The van der Waals surface area contributed by atoms with E-state index in [-0.39, 0.29) is 56.9 Å². The molecule has 0 amide bonds. The Morgan fingerprint density at radius 1 is 0.559 bits per heavy atom. The Bertz CT molecular complexity index is 1640. The first-order chi connectivity index (χ1) is 27.7. The smallest absolute Gasteiger partial charge is 0.320 e. The fourth-order valence-electron chi connectivity index (χ4n) is 5.83. The molecule has 23 heteroatoms. The lowest BCUT2D eigenvalue weighted by Gasteiger charge is -2.15. The number of rotatable bonds is 28. The predicted octanol–water partition coefficient (Wildman–Crippen LogP) is -3.10. The van der Waals surface area contributed by atoms with E-state index >= 15 is 0 Å². The van der Waals surface area contributed by atoms with Crippen LogP contribution in [0.5, 0.6) is 11.5 Å². The first-order valence-electron chi connectivity index (χ1n) is 18.8. The minimum Gasteiger partial charge on any atom is -0.503 e. The predicted molar refractivity (Wildman–Crippen MR) is 205 cm³/mol. The van der Waals surface area contributed by atoms with Crippen LogP contribution in [0, 0.1) is 0 Å². The summed E-state index contributed by atoms with van der Waals surface area (Å²) in [7, 11) is 0. The minimum absolute atomic E-state index is 0.0451. The highest BCUT2D eigenvalue weighted by atomic mass is 17.1. The number of unbranched alkanes of at least 4 members (excludes halogenated alkanes) is 1. The van der Waals surface area contributed by atoms with E-state index < -0.39 is 66.2 Å². The van der Waals surface area contributed by atoms with E-state index in [2.05, 4.69) is 9.78 Å². The molecule has 0 bridgehead atoms. The molecule has 7 unspecified atom stereocenters. The number of aryl methyl sites for hydroxylation is 3. The number of pyridine rings is 2. The number of hydrogen-bond acceptors (Lipinski definition) is 17. The number of aromatic hydroxyl groups is 2. The van der Waals surface area contributed by atoms with E-state index in [1.807, 2.05) is 0 Å². The Labute approximate surface area is 340 Å². The van der Waals surface area contributed by atoms with Gasteiger partial charge in [-0.15, -0.1) is 0 Å². The van der Waals surface area contributed by atoms with Gasteiger partial charge in [0.15, 0.2) is 30.4 Å². The quantitative estimate of drug-likeness (QED) is 0.0174. The number of carboxylic acids is 4. The third-order valence-corrected chi connectivity index (χ3v) is 9.29. The first kappa shape index (κ1) is 52.4. The highest BCUT2D eigenvalue weighted by Gasteiger charge is 2.25. The van der Waals surface area contributed by atoms with Gasteiger partial charge in [0, 0.05) is 53.6 Å². The monoisotopic (exact) mass is 846 g/mol. The van der Waals surface area contributed by atoms with Crippen LogP contribution in [0.2, 0.25) is 0 Å². The molecule has 0 spiro atoms. The van der Waals surface area contributed by atoms with Crippen LogP contribution in [-0.2, 0) is 67.7 Å². The summed E-state index contributed by atoms with van der Waals surface area (Å²) in [5.41, 5.74) is 35.8. The van der Waals surface area contributed by atoms with Crippen molar-refractivity contribution in [3.63, 3.8) is 0 Å². The summed E-state index contributed by atoms with van der Waals surface area (Å²) in [6.07, 6.45) is 8.55. The van der Waals surface area contributed by atoms with Crippen LogP contribution in [0.1, 0.15) is 67.2 Å². The van der Waals surface area contributed by atoms with Crippen molar-refractivity contribution in [2.75, 3.05) is 13.2 Å². The fourth-order valence-corrected chi connectivity index (χ4v) is 5.83. The topological polar surface area (TPSA) is 433 Å². The highest BCUT2D eigenvalue weighted by molar-refractivity contribution is 5.74. The summed E-state index contributed by atoms with van der Waals surface area (Å²) in [5.74, 6) is -4.85. The van der Waals surface area contributed by atoms with Crippen LogP contribution in [0.25, 0.3) is 0 Å². The van der Waals surface area contributed by atoms with Crippen LogP contribution >= 0.6 is 0 Å². The van der Waals surface area contributed by atoms with E-state index in [4.69, 9.17) is 65.3 Å². The van der Waals surface area contributed by atoms with E-state index in [0.29, 0.717) is 73.7 Å². The Morgan fingerprint density at radius 3 is 1.39 bits per heavy atom. The number of carbonyl (C=O) groups is 4. The molecule has 0 aromatic carbocycles. The normalized spacial score (nSPS) is 14.9. The molecule has 2 rings (SSSR count). The Hall–Kier alpha value is -4.66. The van der Waals surface area contributed by atoms with Gasteiger partial charge in [-0.3, -0.25) is 29.7 Å². The molecule has 0 aliphatic carbocycles. The molecule has 2 aromatic rings. The number of carboxylic acid groups (broad SMARTS) is 4. The van der Waals surface area contributed by atoms with Gasteiger partial charge in [0.25, 0.3) is 0 Å². The van der Waals surface area contributed by atoms with Gasteiger partial charge < -0.3 is 70.1 Å². The van der Waals surface area contributed by atoms with Crippen LogP contribution in [0.4, 0.5) is 0 Å². The summed E-state index contributed by atoms with van der Waals surface area (Å²) >= 11 is 0. The molecule has 0 radical (unpaired) electrons. The van der Waals surface area contributed by atoms with Crippen molar-refractivity contribution in [1.29, 1.82) is 0 Å². The maximum Gasteiger partial charge on any atom is 0.320 e. The van der Waals surface area contributed by atoms with Gasteiger partial charge in [0.1, 0.15) is 36.8 Å². The number of nitrogens with two attached hydrogens (primary N) is 6. The number of nitrogens with zero attached hydrogens (tertiary/aromatic N) is 2. The molecule has 0 fully saturated rings. The average Bonchev–Trinajstić information content (AvgIpc) is 3.16. The summed E-state index contributed by atoms with van der Waals surface area (Å²) in [5, 5.41) is 83.8. The summed E-state index contributed by atoms with van der Waals surface area (Å²) in [4.78, 5) is 51.8. The summed E-state index contributed by atoms with van der Waals surface area (Å²) < 4.78 is 3.27. The number of aliphatic hydroxyl groups excluding tert-OH is 1. The van der Waals surface area contributed by atoms with Gasteiger partial charge in [-0.1, -0.05) is 0 Å². The van der Waals surface area contributed by atoms with Gasteiger partial charge in [0.2, 0.25) is 12.4 Å². The third-order valence-electron chi connectivity index (χ3n) is 9.29. The highest BCUT2D eigenvalue weighted by Crippen LogP contribution is 2.24. The minimum atomic E-state index is -1.22. The second-order valence-corrected chi connectivity index (χ2v) is 14.3. The second kappa shape index (κ2) is 27.2. The number of hydrogen-bond donors (Lipinski definition) is 15. The molecule has 0 saturated heterocycles. The molecule has 2 heterocycles. The summed E-state index contributed by atoms with van der Waals surface area (Å²) in [6.45, 7) is 0.436. The lowest BCUT2D eigenvalue weighted by atomic mass is 9.97. The molecule has 334 valence electrons. The Morgan fingerprint density at radius 2 is 0.966 bits per heavy atom. The molecule has 0 aliphatic rings. The largest absolute Gasteiger partial charge is 0.503 e. The maximum absolute atomic E-state index is 11.1. The number of aromatic nitrogens is 2. The lowest BCUT2D eigenvalue weighted by molar-refractivity contribution is -0.704. The number of aliphatic carboxylic acids is 4. The van der Waals surface area contributed by atoms with Gasteiger partial charge in [-0.2, -0.15) is 4.57 Å². The molecular weight excluding hydrogens is 784 g/mol. The molecule has 21 N–H and O–H groups in total. The number of aliphatic hydroxyl groups is 1. The zero-order valence-electron chi connectivity index (χ0n) is 32.8. The van der Waals surface area contributed by atoms with Gasteiger partial charge in [-0.05, 0) is 51.4 Å². The molecule has 0 aliphatic heterocycles. The Balaban J connectivity index is 0.000000590. The van der Waals surface area contributed by atoms with Crippen molar-refractivity contribution in [3.8, 4) is 11.5 Å². The van der Waals surface area contributed by atoms with Gasteiger partial charge in [0.05, 0.1) is 13.2 Å². The van der Waals surface area contributed by atoms with Crippen molar-refractivity contribution >= 4 is 23.9 Å². The first-order valence-corrected chi connectivity index (χ1v) is 18.8. The van der Waals surface area contributed by atoms with Crippen molar-refractivity contribution in [2.45, 2.75) is 126 Å². The van der Waals surface area contributed by atoms with Crippen molar-refractivity contribution in [2.24, 2.45) is 34.4 Å². The van der Waals surface area contributed by atoms with Crippen LogP contribution in [0.15, 0.2) is 24.8 Å². The second-order valence-electron chi connectivity index (χ2n) is 14.3. The van der Waals surface area contributed by atoms with Gasteiger partial charge >= 0.3 is 23.9 Å². The zero-order valence-corrected chi connectivity index (χ0v) is 32.8. The van der Waals surface area contributed by atoms with Crippen molar-refractivity contribution < 1.29 is 84.3 Å². The standard InChI is InChI=1S/C18H30N4O8.C18H30N4O7/c19-11(9-30-29)2-1-10-6-22(7-12(23)3-4-14(20)17(25)26)8-16(24)13(10)5-15(21)18(27)28;19-12(10-29-28)5-4-11-8-22(6-2-1-3-14(20)17(24)25)9-16(23)13(11)7-15(21)18(26)27/h6,8,11-12,14-15,23H,1-5,7,9,19-21H2,(H3-,24,25,26,27,28,29);8-9,12,14-15H,1-7,10,19-21H2,(H3-,23,24,25,26,27,28)/p+2. The van der Waals surface area contributed by atoms with Crippen LogP contribution < -0.4 is 43.5 Å². The van der Waals surface area contributed by atoms with Crippen LogP contribution in [-0.4, -0.2) is 126 Å². The molecule has 23 nitrogen and oxygen atoms in total. The SMILES string of the molecule is NC(CCc1c[n+](CC(O)CCC(N)C(=O)O)cc(O)c1CC(N)C(=O)O)COO.NC(CCc1c[n+](CCCCC(N)C(=O)O)cc(O)c1CC(N)C(=O)O)COO. The average molecular weight is 847 g/mol. The molecular formula is C36H62N8O15+2. The molecule has 2 aromatic heterocycles. The summed E-state index contributed by atoms with van der Waals surface area (Å²) in [6, 6.07) is -5.29. The zero-order chi connectivity index (χ0) is 44.8. The molecule has 7 atom stereocenters. The lowest BCUT2D eigenvalue weighted by Crippen LogP contribution is -2.41. The molecule has 0 saturated carbocycles. The van der Waals surface area contributed by atoms with Crippen molar-refractivity contribution in [1.82, 2.24) is 0 Å². The van der Waals surface area contributed by atoms with E-state index in [9.17, 15) is 34.5 Å². The molecule has 59 heavy (non-hydrogen) atoms. The van der Waals surface area contributed by atoms with Crippen LogP contribution in [0.3, 0.4) is 0 Å². The van der Waals surface area contributed by atoms with E-state index in [1.54, 1.807) is 17.0 Å². The van der Waals surface area contributed by atoms with E-state index in [1.165, 1.54) is 17.0 Å². The van der Waals surface area contributed by atoms with E-state index in [0.717, 1.165) is 0 Å². The maximum atomic E-state index is 11.1. The van der Waals surface area contributed by atoms with Crippen molar-refractivity contribution in [3.05, 3.63) is 47.0 Å².